The van der Waals surface area contributed by atoms with Crippen molar-refractivity contribution in [2.45, 2.75) is 12.8 Å². The third-order valence-corrected chi connectivity index (χ3v) is 1.63. The topological polar surface area (TPSA) is 42.2 Å². The van der Waals surface area contributed by atoms with Crippen LogP contribution in [0.25, 0.3) is 0 Å². The fraction of sp³-hybridized carbons (Fsp3) is 0.444. The van der Waals surface area contributed by atoms with Crippen molar-refractivity contribution in [3.8, 4) is 0 Å². The van der Waals surface area contributed by atoms with Crippen LogP contribution in [0.15, 0.2) is 22.8 Å². The number of carbonyl (C=O) groups is 1. The maximum absolute atomic E-state index is 11.3. The zero-order chi connectivity index (χ0) is 8.81. The molecule has 1 rings (SSSR count). The zero-order valence-corrected chi connectivity index (χ0v) is 7.17. The van der Waals surface area contributed by atoms with Gasteiger partial charge in [0.15, 0.2) is 11.5 Å². The molecule has 3 nitrogen and oxygen atoms in total. The molecule has 12 heavy (non-hydrogen) atoms. The minimum Gasteiger partial charge on any atom is -0.461 e. The van der Waals surface area contributed by atoms with E-state index in [4.69, 9.17) is 4.42 Å². The first-order valence-corrected chi connectivity index (χ1v) is 4.06. The summed E-state index contributed by atoms with van der Waals surface area (Å²) < 4.78 is 4.96. The number of carbonyl (C=O) groups excluding carboxylic acids is 1. The molecular formula is C9H13NO2. The maximum atomic E-state index is 11.3. The van der Waals surface area contributed by atoms with E-state index in [0.29, 0.717) is 12.2 Å². The molecule has 1 aromatic heterocycles. The standard InChI is InChI=1S/C9H13NO2/c1-10-6-2-4-8(11)9-5-3-7-12-9/h3,5,7,10H,2,4,6H2,1H3. The van der Waals surface area contributed by atoms with Gasteiger partial charge in [0.25, 0.3) is 0 Å². The summed E-state index contributed by atoms with van der Waals surface area (Å²) in [5, 5.41) is 2.99. The second-order valence-corrected chi connectivity index (χ2v) is 2.61. The highest BCUT2D eigenvalue weighted by atomic mass is 16.3. The van der Waals surface area contributed by atoms with E-state index in [0.717, 1.165) is 13.0 Å². The van der Waals surface area contributed by atoms with Crippen molar-refractivity contribution >= 4 is 5.78 Å². The van der Waals surface area contributed by atoms with E-state index < -0.39 is 0 Å². The van der Waals surface area contributed by atoms with Gasteiger partial charge in [0, 0.05) is 6.42 Å². The number of hydrogen-bond donors (Lipinski definition) is 1. The lowest BCUT2D eigenvalue weighted by Gasteiger charge is -1.96. The van der Waals surface area contributed by atoms with Gasteiger partial charge in [0.1, 0.15) is 0 Å². The summed E-state index contributed by atoms with van der Waals surface area (Å²) in [6.45, 7) is 0.868. The highest BCUT2D eigenvalue weighted by molar-refractivity contribution is 5.93. The van der Waals surface area contributed by atoms with Gasteiger partial charge in [-0.2, -0.15) is 0 Å². The van der Waals surface area contributed by atoms with Crippen LogP contribution in [-0.4, -0.2) is 19.4 Å². The average Bonchev–Trinajstić information content (AvgIpc) is 2.56. The minimum absolute atomic E-state index is 0.0789. The number of rotatable bonds is 5. The molecule has 1 N–H and O–H groups in total. The van der Waals surface area contributed by atoms with Crippen molar-refractivity contribution < 1.29 is 9.21 Å². The molecule has 0 saturated heterocycles. The third-order valence-electron chi connectivity index (χ3n) is 1.63. The summed E-state index contributed by atoms with van der Waals surface area (Å²) >= 11 is 0. The zero-order valence-electron chi connectivity index (χ0n) is 7.17. The number of hydrogen-bond acceptors (Lipinski definition) is 3. The van der Waals surface area contributed by atoms with E-state index in [2.05, 4.69) is 5.32 Å². The van der Waals surface area contributed by atoms with E-state index in [-0.39, 0.29) is 5.78 Å². The minimum atomic E-state index is 0.0789. The molecule has 3 heteroatoms. The Bertz CT molecular complexity index is 229. The van der Waals surface area contributed by atoms with Crippen molar-refractivity contribution in [2.24, 2.45) is 0 Å². The second-order valence-electron chi connectivity index (χ2n) is 2.61. The van der Waals surface area contributed by atoms with E-state index in [9.17, 15) is 4.79 Å². The number of furan rings is 1. The highest BCUT2D eigenvalue weighted by Gasteiger charge is 2.06. The lowest BCUT2D eigenvalue weighted by molar-refractivity contribution is 0.0953. The van der Waals surface area contributed by atoms with Gasteiger partial charge in [0.2, 0.25) is 0 Å². The lowest BCUT2D eigenvalue weighted by atomic mass is 10.2. The number of ketones is 1. The molecule has 66 valence electrons. The van der Waals surface area contributed by atoms with Crippen molar-refractivity contribution in [2.75, 3.05) is 13.6 Å². The van der Waals surface area contributed by atoms with Crippen molar-refractivity contribution in [3.63, 3.8) is 0 Å². The molecule has 0 fully saturated rings. The van der Waals surface area contributed by atoms with Crippen molar-refractivity contribution in [1.82, 2.24) is 5.32 Å². The summed E-state index contributed by atoms with van der Waals surface area (Å²) in [7, 11) is 1.87. The first-order valence-electron chi connectivity index (χ1n) is 4.06. The van der Waals surface area contributed by atoms with Crippen LogP contribution < -0.4 is 5.32 Å². The second kappa shape index (κ2) is 4.72. The first-order chi connectivity index (χ1) is 5.84. The number of nitrogens with one attached hydrogen (secondary N) is 1. The summed E-state index contributed by atoms with van der Waals surface area (Å²) in [6.07, 6.45) is 2.93. The van der Waals surface area contributed by atoms with Gasteiger partial charge in [-0.3, -0.25) is 4.79 Å². The van der Waals surface area contributed by atoms with Crippen molar-refractivity contribution in [3.05, 3.63) is 24.2 Å². The molecule has 0 bridgehead atoms. The van der Waals surface area contributed by atoms with Crippen LogP contribution >= 0.6 is 0 Å². The Morgan fingerprint density at radius 1 is 1.67 bits per heavy atom. The fourth-order valence-electron chi connectivity index (χ4n) is 0.986. The smallest absolute Gasteiger partial charge is 0.198 e. The van der Waals surface area contributed by atoms with Crippen LogP contribution in [0.2, 0.25) is 0 Å². The highest BCUT2D eigenvalue weighted by Crippen LogP contribution is 2.05. The van der Waals surface area contributed by atoms with Crippen molar-refractivity contribution in [1.29, 1.82) is 0 Å². The molecule has 0 radical (unpaired) electrons. The molecule has 0 aliphatic rings. The van der Waals surface area contributed by atoms with Gasteiger partial charge in [-0.1, -0.05) is 0 Å². The van der Waals surface area contributed by atoms with E-state index in [1.807, 2.05) is 7.05 Å². The van der Waals surface area contributed by atoms with Crippen LogP contribution in [0.1, 0.15) is 23.4 Å². The molecule has 0 atom stereocenters. The van der Waals surface area contributed by atoms with E-state index in [1.165, 1.54) is 6.26 Å². The average molecular weight is 167 g/mol. The van der Waals surface area contributed by atoms with Gasteiger partial charge >= 0.3 is 0 Å². The summed E-state index contributed by atoms with van der Waals surface area (Å²) in [5.41, 5.74) is 0. The normalized spacial score (nSPS) is 10.1. The molecular weight excluding hydrogens is 154 g/mol. The largest absolute Gasteiger partial charge is 0.461 e. The molecule has 0 saturated carbocycles. The van der Waals surface area contributed by atoms with Gasteiger partial charge < -0.3 is 9.73 Å². The van der Waals surface area contributed by atoms with Crippen LogP contribution in [0.5, 0.6) is 0 Å². The molecule has 0 aliphatic heterocycles. The monoisotopic (exact) mass is 167 g/mol. The van der Waals surface area contributed by atoms with E-state index >= 15 is 0 Å². The molecule has 1 heterocycles. The predicted octanol–water partition coefficient (Wildman–Crippen LogP) is 1.46. The summed E-state index contributed by atoms with van der Waals surface area (Å²) in [6, 6.07) is 3.42. The van der Waals surface area contributed by atoms with E-state index in [1.54, 1.807) is 12.1 Å². The Balaban J connectivity index is 2.30. The molecule has 0 amide bonds. The number of Topliss-reactive ketones (excluding diaryl/α,β-unsaturated/α-hetero) is 1. The van der Waals surface area contributed by atoms with Crippen LogP contribution in [0.4, 0.5) is 0 Å². The molecule has 0 aliphatic carbocycles. The Hall–Kier alpha value is -1.09. The molecule has 0 spiro atoms. The van der Waals surface area contributed by atoms with Crippen LogP contribution in [0, 0.1) is 0 Å². The summed E-state index contributed by atoms with van der Waals surface area (Å²) in [4.78, 5) is 11.3. The Morgan fingerprint density at radius 3 is 3.08 bits per heavy atom. The fourth-order valence-corrected chi connectivity index (χ4v) is 0.986. The Morgan fingerprint density at radius 2 is 2.50 bits per heavy atom. The Labute approximate surface area is 71.8 Å². The third kappa shape index (κ3) is 2.51. The maximum Gasteiger partial charge on any atom is 0.198 e. The molecule has 0 aromatic carbocycles. The first kappa shape index (κ1) is 9.00. The predicted molar refractivity (Wildman–Crippen MR) is 46.2 cm³/mol. The van der Waals surface area contributed by atoms with Gasteiger partial charge in [-0.05, 0) is 32.1 Å². The van der Waals surface area contributed by atoms with Gasteiger partial charge in [-0.25, -0.2) is 0 Å². The summed E-state index contributed by atoms with van der Waals surface area (Å²) in [5.74, 6) is 0.543. The van der Waals surface area contributed by atoms with Crippen LogP contribution in [-0.2, 0) is 0 Å². The lowest BCUT2D eigenvalue weighted by Crippen LogP contribution is -2.09. The molecule has 1 aromatic rings. The van der Waals surface area contributed by atoms with Crippen LogP contribution in [0.3, 0.4) is 0 Å². The van der Waals surface area contributed by atoms with Gasteiger partial charge in [-0.15, -0.1) is 0 Å². The SMILES string of the molecule is CNCCCC(=O)c1ccco1. The Kier molecular flexibility index (Phi) is 3.54. The quantitative estimate of drug-likeness (QED) is 0.533. The van der Waals surface area contributed by atoms with Gasteiger partial charge in [0.05, 0.1) is 6.26 Å². The molecule has 0 unspecified atom stereocenters.